The molecule has 0 radical (unpaired) electrons. The summed E-state index contributed by atoms with van der Waals surface area (Å²) in [6, 6.07) is 10.8. The Kier molecular flexibility index (Phi) is 5.58. The van der Waals surface area contributed by atoms with E-state index in [1.165, 1.54) is 6.26 Å². The van der Waals surface area contributed by atoms with Crippen LogP contribution in [-0.4, -0.2) is 13.6 Å². The molecule has 2 N–H and O–H groups in total. The van der Waals surface area contributed by atoms with Gasteiger partial charge in [0.1, 0.15) is 12.0 Å². The molecular weight excluding hydrogens is 344 g/mol. The Bertz CT molecular complexity index is 846. The monoisotopic (exact) mass is 364 g/mol. The summed E-state index contributed by atoms with van der Waals surface area (Å²) in [6.45, 7) is 6.01. The van der Waals surface area contributed by atoms with E-state index in [1.807, 2.05) is 49.7 Å². The van der Waals surface area contributed by atoms with Gasteiger partial charge < -0.3 is 4.52 Å². The van der Waals surface area contributed by atoms with Crippen LogP contribution in [0.2, 0.25) is 0 Å². The lowest BCUT2D eigenvalue weighted by Crippen LogP contribution is -2.17. The minimum absolute atomic E-state index is 0.0637. The van der Waals surface area contributed by atoms with Crippen molar-refractivity contribution in [3.05, 3.63) is 59.0 Å². The average Bonchev–Trinajstić information content (AvgIpc) is 3.21. The summed E-state index contributed by atoms with van der Waals surface area (Å²) in [5.41, 5.74) is 1.62. The summed E-state index contributed by atoms with van der Waals surface area (Å²) < 4.78 is 28.2. The van der Waals surface area contributed by atoms with E-state index in [2.05, 4.69) is 5.16 Å². The van der Waals surface area contributed by atoms with Crippen molar-refractivity contribution in [1.29, 1.82) is 0 Å². The van der Waals surface area contributed by atoms with Gasteiger partial charge in [-0.05, 0) is 27.8 Å². The Morgan fingerprint density at radius 1 is 1.12 bits per heavy atom. The molecule has 1 aromatic carbocycles. The van der Waals surface area contributed by atoms with Crippen molar-refractivity contribution < 1.29 is 12.9 Å². The molecule has 5 nitrogen and oxygen atoms in total. The Morgan fingerprint density at radius 2 is 1.79 bits per heavy atom. The highest BCUT2D eigenvalue weighted by molar-refractivity contribution is 7.89. The number of aromatic nitrogens is 1. The summed E-state index contributed by atoms with van der Waals surface area (Å²) >= 11 is 1.71. The van der Waals surface area contributed by atoms with Crippen LogP contribution in [0.3, 0.4) is 0 Å². The van der Waals surface area contributed by atoms with Crippen molar-refractivity contribution in [2.45, 2.75) is 31.1 Å². The maximum absolute atomic E-state index is 11.7. The van der Waals surface area contributed by atoms with Gasteiger partial charge in [-0.1, -0.05) is 50.2 Å². The fourth-order valence-electron chi connectivity index (χ4n) is 2.01. The number of benzene rings is 1. The van der Waals surface area contributed by atoms with Crippen LogP contribution in [0.4, 0.5) is 0 Å². The topological polar surface area (TPSA) is 86.2 Å². The number of rotatable bonds is 2. The van der Waals surface area contributed by atoms with Crippen molar-refractivity contribution in [3.8, 4) is 11.3 Å². The van der Waals surface area contributed by atoms with E-state index < -0.39 is 10.0 Å². The molecule has 0 unspecified atom stereocenters. The number of hydrogen-bond acceptors (Lipinski definition) is 5. The molecule has 0 bridgehead atoms. The van der Waals surface area contributed by atoms with Gasteiger partial charge in [-0.2, -0.15) is 11.3 Å². The average molecular weight is 364 g/mol. The van der Waals surface area contributed by atoms with Gasteiger partial charge in [0, 0.05) is 11.6 Å². The number of nitrogens with zero attached hydrogens (tertiary/aromatic N) is 1. The number of thiophene rings is 1. The third kappa shape index (κ3) is 4.77. The van der Waals surface area contributed by atoms with Crippen molar-refractivity contribution in [1.82, 2.24) is 5.16 Å². The normalized spacial score (nSPS) is 11.7. The van der Waals surface area contributed by atoms with E-state index in [1.54, 1.807) is 29.5 Å². The molecule has 0 saturated carbocycles. The molecule has 0 saturated heterocycles. The molecule has 7 heteroatoms. The van der Waals surface area contributed by atoms with Gasteiger partial charge in [-0.15, -0.1) is 0 Å². The first kappa shape index (κ1) is 18.4. The van der Waals surface area contributed by atoms with Gasteiger partial charge in [0.15, 0.2) is 0 Å². The lowest BCUT2D eigenvalue weighted by molar-refractivity contribution is 0.422. The first-order valence-electron chi connectivity index (χ1n) is 7.25. The van der Waals surface area contributed by atoms with Gasteiger partial charge in [-0.25, -0.2) is 13.6 Å². The van der Waals surface area contributed by atoms with Crippen LogP contribution in [0.25, 0.3) is 11.3 Å². The molecule has 0 fully saturated rings. The fourth-order valence-corrected chi connectivity index (χ4v) is 3.24. The third-order valence-corrected chi connectivity index (χ3v) is 4.87. The van der Waals surface area contributed by atoms with E-state index in [4.69, 9.17) is 9.66 Å². The highest BCUT2D eigenvalue weighted by atomic mass is 32.2. The molecule has 0 amide bonds. The zero-order valence-electron chi connectivity index (χ0n) is 13.8. The smallest absolute Gasteiger partial charge is 0.238 e. The first-order chi connectivity index (χ1) is 11.2. The SMILES string of the molecule is CC(C)(C)c1ccc(-c2ccon2)c(S(N)(=O)=O)c1.c1ccsc1. The van der Waals surface area contributed by atoms with Crippen LogP contribution < -0.4 is 5.14 Å². The predicted molar refractivity (Wildman–Crippen MR) is 96.3 cm³/mol. The number of nitrogens with two attached hydrogens (primary N) is 1. The summed E-state index contributed by atoms with van der Waals surface area (Å²) in [6.07, 6.45) is 1.39. The van der Waals surface area contributed by atoms with E-state index in [0.717, 1.165) is 5.56 Å². The van der Waals surface area contributed by atoms with Gasteiger partial charge in [-0.3, -0.25) is 0 Å². The molecule has 2 aromatic heterocycles. The van der Waals surface area contributed by atoms with E-state index >= 15 is 0 Å². The van der Waals surface area contributed by atoms with Crippen LogP contribution >= 0.6 is 11.3 Å². The van der Waals surface area contributed by atoms with E-state index in [9.17, 15) is 8.42 Å². The van der Waals surface area contributed by atoms with Crippen LogP contribution in [0.5, 0.6) is 0 Å². The molecule has 0 atom stereocenters. The summed E-state index contributed by atoms with van der Waals surface area (Å²) in [5.74, 6) is 0. The second-order valence-electron chi connectivity index (χ2n) is 6.18. The second-order valence-corrected chi connectivity index (χ2v) is 8.53. The maximum Gasteiger partial charge on any atom is 0.238 e. The second kappa shape index (κ2) is 7.29. The number of hydrogen-bond donors (Lipinski definition) is 1. The summed E-state index contributed by atoms with van der Waals surface area (Å²) in [4.78, 5) is 0.0637. The number of primary sulfonamides is 1. The van der Waals surface area contributed by atoms with Crippen molar-refractivity contribution in [3.63, 3.8) is 0 Å². The maximum atomic E-state index is 11.7. The molecule has 2 heterocycles. The fraction of sp³-hybridized carbons (Fsp3) is 0.235. The van der Waals surface area contributed by atoms with E-state index in [-0.39, 0.29) is 10.3 Å². The molecule has 0 spiro atoms. The Hall–Kier alpha value is -1.96. The van der Waals surface area contributed by atoms with Crippen molar-refractivity contribution in [2.24, 2.45) is 5.14 Å². The van der Waals surface area contributed by atoms with Crippen molar-refractivity contribution in [2.75, 3.05) is 0 Å². The molecule has 0 aliphatic carbocycles. The lowest BCUT2D eigenvalue weighted by Gasteiger charge is -2.20. The van der Waals surface area contributed by atoms with Gasteiger partial charge in [0.2, 0.25) is 10.0 Å². The molecule has 3 rings (SSSR count). The summed E-state index contributed by atoms with van der Waals surface area (Å²) in [5, 5.41) is 13.1. The van der Waals surface area contributed by atoms with Crippen molar-refractivity contribution >= 4 is 21.4 Å². The number of sulfonamides is 1. The third-order valence-electron chi connectivity index (χ3n) is 3.29. The molecule has 3 aromatic rings. The molecule has 0 aliphatic rings. The zero-order chi connectivity index (χ0) is 17.8. The Morgan fingerprint density at radius 3 is 2.21 bits per heavy atom. The zero-order valence-corrected chi connectivity index (χ0v) is 15.4. The Labute approximate surface area is 146 Å². The molecule has 128 valence electrons. The summed E-state index contributed by atoms with van der Waals surface area (Å²) in [7, 11) is -3.82. The minimum Gasteiger partial charge on any atom is -0.364 e. The highest BCUT2D eigenvalue weighted by Crippen LogP contribution is 2.31. The quantitative estimate of drug-likeness (QED) is 0.743. The molecule has 0 aliphatic heterocycles. The Balaban J connectivity index is 0.000000355. The minimum atomic E-state index is -3.82. The van der Waals surface area contributed by atoms with E-state index in [0.29, 0.717) is 11.3 Å². The largest absolute Gasteiger partial charge is 0.364 e. The molecule has 24 heavy (non-hydrogen) atoms. The van der Waals surface area contributed by atoms with Crippen LogP contribution in [0, 0.1) is 0 Å². The van der Waals surface area contributed by atoms with Gasteiger partial charge in [0.25, 0.3) is 0 Å². The van der Waals surface area contributed by atoms with Crippen LogP contribution in [0.1, 0.15) is 26.3 Å². The lowest BCUT2D eigenvalue weighted by atomic mass is 9.86. The van der Waals surface area contributed by atoms with Crippen LogP contribution in [-0.2, 0) is 15.4 Å². The molecular formula is C17H20N2O3S2. The van der Waals surface area contributed by atoms with Crippen LogP contribution in [0.15, 0.2) is 62.8 Å². The first-order valence-corrected chi connectivity index (χ1v) is 9.74. The highest BCUT2D eigenvalue weighted by Gasteiger charge is 2.21. The van der Waals surface area contributed by atoms with Gasteiger partial charge in [0.05, 0.1) is 4.90 Å². The predicted octanol–water partition coefficient (Wildman–Crippen LogP) is 4.03. The standard InChI is InChI=1S/C13H16N2O3S.C4H4S/c1-13(2,3)9-4-5-10(11-6-7-18-15-11)12(8-9)19(14,16)17;1-2-4-5-3-1/h4-8H,1-3H3,(H2,14,16,17);1-4H. The van der Waals surface area contributed by atoms with Gasteiger partial charge >= 0.3 is 0 Å².